The van der Waals surface area contributed by atoms with E-state index >= 15 is 0 Å². The van der Waals surface area contributed by atoms with Crippen LogP contribution in [0.5, 0.6) is 0 Å². The first-order valence-corrected chi connectivity index (χ1v) is 8.86. The highest BCUT2D eigenvalue weighted by molar-refractivity contribution is 5.87. The summed E-state index contributed by atoms with van der Waals surface area (Å²) in [6, 6.07) is 0. The van der Waals surface area contributed by atoms with Gasteiger partial charge in [0, 0.05) is 11.8 Å². The summed E-state index contributed by atoms with van der Waals surface area (Å²) < 4.78 is 0. The molecule has 21 heavy (non-hydrogen) atoms. The number of fused-ring (bicyclic) bond motifs is 5. The Morgan fingerprint density at radius 3 is 2.76 bits per heavy atom. The summed E-state index contributed by atoms with van der Waals surface area (Å²) in [5.74, 6) is 2.36. The number of aliphatic hydroxyl groups is 1. The molecule has 0 aromatic carbocycles. The van der Waals surface area contributed by atoms with Gasteiger partial charge in [0.1, 0.15) is 5.78 Å². The molecular formula is C19H28O2. The zero-order valence-corrected chi connectivity index (χ0v) is 13.4. The van der Waals surface area contributed by atoms with Gasteiger partial charge in [0.25, 0.3) is 0 Å². The Morgan fingerprint density at radius 1 is 1.14 bits per heavy atom. The zero-order valence-electron chi connectivity index (χ0n) is 13.4. The van der Waals surface area contributed by atoms with E-state index < -0.39 is 0 Å². The second kappa shape index (κ2) is 4.44. The van der Waals surface area contributed by atoms with E-state index in [1.165, 1.54) is 6.42 Å². The quantitative estimate of drug-likeness (QED) is 0.687. The van der Waals surface area contributed by atoms with Crippen LogP contribution in [-0.4, -0.2) is 17.0 Å². The van der Waals surface area contributed by atoms with Gasteiger partial charge in [-0.05, 0) is 68.1 Å². The maximum Gasteiger partial charge on any atom is 0.139 e. The van der Waals surface area contributed by atoms with Crippen LogP contribution in [0.1, 0.15) is 65.2 Å². The van der Waals surface area contributed by atoms with E-state index in [-0.39, 0.29) is 11.5 Å². The highest BCUT2D eigenvalue weighted by Crippen LogP contribution is 2.63. The van der Waals surface area contributed by atoms with Crippen molar-refractivity contribution < 1.29 is 9.90 Å². The third kappa shape index (κ3) is 1.78. The minimum Gasteiger partial charge on any atom is -0.393 e. The molecule has 0 amide bonds. The van der Waals surface area contributed by atoms with Gasteiger partial charge in [-0.25, -0.2) is 0 Å². The van der Waals surface area contributed by atoms with Crippen molar-refractivity contribution in [3.63, 3.8) is 0 Å². The highest BCUT2D eigenvalue weighted by Gasteiger charge is 2.57. The van der Waals surface area contributed by atoms with Crippen molar-refractivity contribution in [3.05, 3.63) is 11.6 Å². The lowest BCUT2D eigenvalue weighted by Crippen LogP contribution is -2.49. The topological polar surface area (TPSA) is 37.3 Å². The van der Waals surface area contributed by atoms with Crippen molar-refractivity contribution in [1.82, 2.24) is 0 Å². The number of Topliss-reactive ketones (excluding diaryl/α,β-unsaturated/α-hetero) is 1. The third-order valence-corrected chi connectivity index (χ3v) is 7.76. The molecule has 0 aromatic rings. The molecule has 4 aliphatic carbocycles. The van der Waals surface area contributed by atoms with Gasteiger partial charge >= 0.3 is 0 Å². The van der Waals surface area contributed by atoms with E-state index in [1.807, 2.05) is 0 Å². The maximum atomic E-state index is 12.4. The van der Waals surface area contributed by atoms with Crippen molar-refractivity contribution in [1.29, 1.82) is 0 Å². The van der Waals surface area contributed by atoms with Crippen LogP contribution in [0.4, 0.5) is 0 Å². The molecule has 3 saturated carbocycles. The number of carbonyl (C=O) groups excluding carboxylic acids is 1. The molecule has 2 heteroatoms. The Hall–Kier alpha value is -0.630. The van der Waals surface area contributed by atoms with E-state index in [0.29, 0.717) is 29.0 Å². The molecule has 3 fully saturated rings. The average Bonchev–Trinajstić information content (AvgIpc) is 2.76. The largest absolute Gasteiger partial charge is 0.393 e. The van der Waals surface area contributed by atoms with Gasteiger partial charge in [-0.1, -0.05) is 25.5 Å². The van der Waals surface area contributed by atoms with Gasteiger partial charge in [0.05, 0.1) is 6.10 Å². The number of allylic oxidation sites excluding steroid dienone is 2. The van der Waals surface area contributed by atoms with Gasteiger partial charge in [-0.3, -0.25) is 4.79 Å². The minimum absolute atomic E-state index is 0.0558. The second-order valence-electron chi connectivity index (χ2n) is 8.59. The maximum absolute atomic E-state index is 12.4. The Morgan fingerprint density at radius 2 is 1.95 bits per heavy atom. The number of aliphatic hydroxyl groups excluding tert-OH is 1. The first-order valence-electron chi connectivity index (χ1n) is 8.86. The number of hydrogen-bond donors (Lipinski definition) is 1. The van der Waals surface area contributed by atoms with Gasteiger partial charge in [0.2, 0.25) is 0 Å². The van der Waals surface area contributed by atoms with Crippen molar-refractivity contribution in [2.45, 2.75) is 71.3 Å². The fourth-order valence-corrected chi connectivity index (χ4v) is 6.27. The predicted octanol–water partition coefficient (Wildman–Crippen LogP) is 3.88. The lowest BCUT2D eigenvalue weighted by atomic mass is 9.48. The molecule has 0 saturated heterocycles. The van der Waals surface area contributed by atoms with Crippen molar-refractivity contribution in [3.8, 4) is 0 Å². The molecule has 0 bridgehead atoms. The molecule has 0 radical (unpaired) electrons. The van der Waals surface area contributed by atoms with Crippen LogP contribution in [0, 0.1) is 28.6 Å². The second-order valence-corrected chi connectivity index (χ2v) is 8.59. The molecule has 6 atom stereocenters. The molecule has 0 unspecified atom stereocenters. The molecule has 0 aliphatic heterocycles. The highest BCUT2D eigenvalue weighted by atomic mass is 16.3. The summed E-state index contributed by atoms with van der Waals surface area (Å²) in [5, 5.41) is 10.0. The van der Waals surface area contributed by atoms with Gasteiger partial charge < -0.3 is 5.11 Å². The summed E-state index contributed by atoms with van der Waals surface area (Å²) in [4.78, 5) is 12.4. The zero-order chi connectivity index (χ0) is 14.8. The summed E-state index contributed by atoms with van der Waals surface area (Å²) in [5.41, 5.74) is 1.94. The third-order valence-electron chi connectivity index (χ3n) is 7.76. The van der Waals surface area contributed by atoms with Crippen LogP contribution in [0.25, 0.3) is 0 Å². The van der Waals surface area contributed by atoms with Crippen molar-refractivity contribution >= 4 is 5.78 Å². The lowest BCUT2D eigenvalue weighted by Gasteiger charge is -2.56. The molecular weight excluding hydrogens is 260 g/mol. The summed E-state index contributed by atoms with van der Waals surface area (Å²) in [7, 11) is 0. The van der Waals surface area contributed by atoms with Gasteiger partial charge in [0.15, 0.2) is 0 Å². The van der Waals surface area contributed by atoms with Gasteiger partial charge in [-0.15, -0.1) is 0 Å². The Balaban J connectivity index is 1.70. The number of ketones is 1. The first-order chi connectivity index (χ1) is 9.95. The summed E-state index contributed by atoms with van der Waals surface area (Å²) in [6.07, 6.45) is 10.8. The van der Waals surface area contributed by atoms with E-state index in [9.17, 15) is 9.90 Å². The van der Waals surface area contributed by atoms with Crippen molar-refractivity contribution in [2.75, 3.05) is 0 Å². The van der Waals surface area contributed by atoms with Crippen LogP contribution >= 0.6 is 0 Å². The number of hydrogen-bond acceptors (Lipinski definition) is 2. The van der Waals surface area contributed by atoms with Crippen LogP contribution in [0.3, 0.4) is 0 Å². The van der Waals surface area contributed by atoms with Crippen LogP contribution in [0.2, 0.25) is 0 Å². The standard InChI is InChI=1S/C19H28O2/c1-18-9-7-13(20)11-12(18)3-4-14-15-5-6-17(21)19(15,2)10-8-16(14)18/h4,12-13,15-16,20H,3,5-11H2,1-2H3/t12-,13-,15+,16+,18+,19+/m1/s1. The monoisotopic (exact) mass is 288 g/mol. The molecule has 0 heterocycles. The lowest BCUT2D eigenvalue weighted by molar-refractivity contribution is -0.128. The molecule has 0 spiro atoms. The minimum atomic E-state index is -0.0834. The van der Waals surface area contributed by atoms with Crippen LogP contribution in [-0.2, 0) is 4.79 Å². The molecule has 4 rings (SSSR count). The fraction of sp³-hybridized carbons (Fsp3) is 0.842. The molecule has 116 valence electrons. The smallest absolute Gasteiger partial charge is 0.139 e. The normalized spacial score (nSPS) is 52.7. The molecule has 2 nitrogen and oxygen atoms in total. The van der Waals surface area contributed by atoms with Crippen LogP contribution in [0.15, 0.2) is 11.6 Å². The average molecular weight is 288 g/mol. The number of rotatable bonds is 0. The molecule has 4 aliphatic rings. The molecule has 1 N–H and O–H groups in total. The Bertz CT molecular complexity index is 508. The first kappa shape index (κ1) is 14.0. The molecule has 0 aromatic heterocycles. The van der Waals surface area contributed by atoms with Gasteiger partial charge in [-0.2, -0.15) is 0 Å². The SMILES string of the molecule is C[C@]12CC[C@@H](O)C[C@H]1CC=C1[C@@H]2CC[C@]2(C)C(=O)CC[C@@H]12. The Kier molecular flexibility index (Phi) is 2.96. The van der Waals surface area contributed by atoms with Crippen molar-refractivity contribution in [2.24, 2.45) is 28.6 Å². The van der Waals surface area contributed by atoms with E-state index in [2.05, 4.69) is 19.9 Å². The van der Waals surface area contributed by atoms with E-state index in [1.54, 1.807) is 5.57 Å². The summed E-state index contributed by atoms with van der Waals surface area (Å²) in [6.45, 7) is 4.70. The van der Waals surface area contributed by atoms with E-state index in [0.717, 1.165) is 44.9 Å². The van der Waals surface area contributed by atoms with E-state index in [4.69, 9.17) is 0 Å². The fourth-order valence-electron chi connectivity index (χ4n) is 6.27. The summed E-state index contributed by atoms with van der Waals surface area (Å²) >= 11 is 0. The number of carbonyl (C=O) groups is 1. The van der Waals surface area contributed by atoms with Crippen LogP contribution < -0.4 is 0 Å². The predicted molar refractivity (Wildman–Crippen MR) is 82.7 cm³/mol. The Labute approximate surface area is 128 Å².